The number of aliphatic carboxylic acids is 1. The predicted octanol–water partition coefficient (Wildman–Crippen LogP) is 1.40. The fraction of sp³-hybridized carbons (Fsp3) is 0.308. The van der Waals surface area contributed by atoms with Crippen molar-refractivity contribution in [3.05, 3.63) is 34.2 Å². The fourth-order valence-electron chi connectivity index (χ4n) is 2.07. The maximum Gasteiger partial charge on any atom is 0.323 e. The first-order valence-electron chi connectivity index (χ1n) is 5.89. The van der Waals surface area contributed by atoms with Crippen LogP contribution in [0.15, 0.2) is 23.0 Å². The van der Waals surface area contributed by atoms with Gasteiger partial charge in [-0.1, -0.05) is 13.8 Å². The second-order valence-electron chi connectivity index (χ2n) is 4.76. The van der Waals surface area contributed by atoms with Gasteiger partial charge in [0.05, 0.1) is 11.0 Å². The molecule has 19 heavy (non-hydrogen) atoms. The molecule has 3 N–H and O–H groups in total. The molecule has 0 spiro atoms. The molecule has 6 heteroatoms. The van der Waals surface area contributed by atoms with Crippen molar-refractivity contribution < 1.29 is 14.7 Å². The summed E-state index contributed by atoms with van der Waals surface area (Å²) in [4.78, 5) is 39.6. The number of hydrogen-bond acceptors (Lipinski definition) is 3. The molecule has 1 aromatic carbocycles. The van der Waals surface area contributed by atoms with E-state index >= 15 is 0 Å². The van der Waals surface area contributed by atoms with Crippen molar-refractivity contribution >= 4 is 22.8 Å². The molecule has 100 valence electrons. The van der Waals surface area contributed by atoms with Gasteiger partial charge >= 0.3 is 11.7 Å². The second-order valence-corrected chi connectivity index (χ2v) is 4.76. The van der Waals surface area contributed by atoms with Gasteiger partial charge < -0.3 is 15.1 Å². The molecule has 1 heterocycles. The average molecular weight is 262 g/mol. The van der Waals surface area contributed by atoms with Crippen molar-refractivity contribution in [2.75, 3.05) is 0 Å². The third kappa shape index (κ3) is 2.42. The van der Waals surface area contributed by atoms with Crippen LogP contribution in [0.2, 0.25) is 0 Å². The summed E-state index contributed by atoms with van der Waals surface area (Å²) in [5.74, 6) is -2.97. The van der Waals surface area contributed by atoms with Crippen LogP contribution in [0.3, 0.4) is 0 Å². The first-order chi connectivity index (χ1) is 8.90. The van der Waals surface area contributed by atoms with Crippen molar-refractivity contribution in [1.82, 2.24) is 9.97 Å². The van der Waals surface area contributed by atoms with E-state index in [1.807, 2.05) is 0 Å². The minimum Gasteiger partial charge on any atom is -0.481 e. The number of rotatable bonds is 4. The van der Waals surface area contributed by atoms with E-state index in [4.69, 9.17) is 5.11 Å². The first-order valence-corrected chi connectivity index (χ1v) is 5.89. The van der Waals surface area contributed by atoms with E-state index < -0.39 is 17.7 Å². The molecule has 0 fully saturated rings. The van der Waals surface area contributed by atoms with Gasteiger partial charge in [-0.2, -0.15) is 0 Å². The molecule has 0 radical (unpaired) electrons. The smallest absolute Gasteiger partial charge is 0.323 e. The van der Waals surface area contributed by atoms with E-state index in [9.17, 15) is 14.4 Å². The Kier molecular flexibility index (Phi) is 3.25. The lowest BCUT2D eigenvalue weighted by Gasteiger charge is -2.14. The lowest BCUT2D eigenvalue weighted by atomic mass is 9.88. The summed E-state index contributed by atoms with van der Waals surface area (Å²) >= 11 is 0. The Bertz CT molecular complexity index is 696. The van der Waals surface area contributed by atoms with Gasteiger partial charge in [0.1, 0.15) is 5.92 Å². The highest BCUT2D eigenvalue weighted by atomic mass is 16.4. The minimum atomic E-state index is -1.14. The Labute approximate surface area is 108 Å². The molecule has 0 aliphatic heterocycles. The molecule has 2 aromatic rings. The van der Waals surface area contributed by atoms with Crippen LogP contribution in [0.5, 0.6) is 0 Å². The number of carboxylic acids is 1. The standard InChI is InChI=1S/C13H14N2O4/c1-6(2)10(12(17)18)11(16)7-3-4-8-9(5-7)15-13(19)14-8/h3-6,10H,1-2H3,(H,17,18)(H2,14,15,19). The molecular formula is C13H14N2O4. The van der Waals surface area contributed by atoms with Crippen LogP contribution < -0.4 is 5.69 Å². The Hall–Kier alpha value is -2.37. The number of nitrogens with one attached hydrogen (secondary N) is 2. The molecule has 0 aliphatic rings. The number of carbonyl (C=O) groups excluding carboxylic acids is 1. The third-order valence-electron chi connectivity index (χ3n) is 3.02. The normalized spacial score (nSPS) is 12.8. The van der Waals surface area contributed by atoms with Gasteiger partial charge in [-0.05, 0) is 24.1 Å². The number of benzene rings is 1. The molecule has 0 aliphatic carbocycles. The molecular weight excluding hydrogens is 248 g/mol. The number of hydrogen-bond donors (Lipinski definition) is 3. The number of carbonyl (C=O) groups is 2. The maximum absolute atomic E-state index is 12.2. The van der Waals surface area contributed by atoms with E-state index in [-0.39, 0.29) is 17.2 Å². The largest absolute Gasteiger partial charge is 0.481 e. The molecule has 0 saturated carbocycles. The number of imidazole rings is 1. The molecule has 0 amide bonds. The zero-order valence-corrected chi connectivity index (χ0v) is 10.6. The topological polar surface area (TPSA) is 103 Å². The highest BCUT2D eigenvalue weighted by Crippen LogP contribution is 2.20. The molecule has 6 nitrogen and oxygen atoms in total. The maximum atomic E-state index is 12.2. The second kappa shape index (κ2) is 4.72. The van der Waals surface area contributed by atoms with Crippen molar-refractivity contribution in [3.8, 4) is 0 Å². The summed E-state index contributed by atoms with van der Waals surface area (Å²) in [6.45, 7) is 3.38. The van der Waals surface area contributed by atoms with Crippen LogP contribution in [0.25, 0.3) is 11.0 Å². The van der Waals surface area contributed by atoms with Crippen LogP contribution in [0, 0.1) is 11.8 Å². The summed E-state index contributed by atoms with van der Waals surface area (Å²) in [6, 6.07) is 4.60. The van der Waals surface area contributed by atoms with Crippen LogP contribution >= 0.6 is 0 Å². The number of Topliss-reactive ketones (excluding diaryl/α,β-unsaturated/α-hetero) is 1. The lowest BCUT2D eigenvalue weighted by Crippen LogP contribution is -2.28. The van der Waals surface area contributed by atoms with Gasteiger partial charge in [-0.3, -0.25) is 9.59 Å². The van der Waals surface area contributed by atoms with Gasteiger partial charge in [0, 0.05) is 5.56 Å². The highest BCUT2D eigenvalue weighted by molar-refractivity contribution is 6.09. The van der Waals surface area contributed by atoms with Crippen molar-refractivity contribution in [1.29, 1.82) is 0 Å². The van der Waals surface area contributed by atoms with E-state index in [1.54, 1.807) is 19.9 Å². The summed E-state index contributed by atoms with van der Waals surface area (Å²) in [7, 11) is 0. The molecule has 1 atom stereocenters. The van der Waals surface area contributed by atoms with Gasteiger partial charge in [-0.15, -0.1) is 0 Å². The summed E-state index contributed by atoms with van der Waals surface area (Å²) in [5, 5.41) is 9.11. The number of carboxylic acid groups (broad SMARTS) is 1. The van der Waals surface area contributed by atoms with Crippen molar-refractivity contribution in [2.45, 2.75) is 13.8 Å². The number of H-pyrrole nitrogens is 2. The van der Waals surface area contributed by atoms with E-state index in [0.717, 1.165) is 0 Å². The predicted molar refractivity (Wildman–Crippen MR) is 69.2 cm³/mol. The van der Waals surface area contributed by atoms with Crippen molar-refractivity contribution in [3.63, 3.8) is 0 Å². The number of ketones is 1. The zero-order chi connectivity index (χ0) is 14.2. The molecule has 0 saturated heterocycles. The van der Waals surface area contributed by atoms with Crippen LogP contribution in [0.1, 0.15) is 24.2 Å². The molecule has 1 aromatic heterocycles. The minimum absolute atomic E-state index is 0.281. The Morgan fingerprint density at radius 2 is 1.79 bits per heavy atom. The third-order valence-corrected chi connectivity index (χ3v) is 3.02. The number of aromatic nitrogens is 2. The van der Waals surface area contributed by atoms with E-state index in [0.29, 0.717) is 11.0 Å². The lowest BCUT2D eigenvalue weighted by molar-refractivity contribution is -0.141. The molecule has 1 unspecified atom stereocenters. The monoisotopic (exact) mass is 262 g/mol. The number of fused-ring (bicyclic) bond motifs is 1. The molecule has 2 rings (SSSR count). The first kappa shape index (κ1) is 13.1. The van der Waals surface area contributed by atoms with Crippen LogP contribution in [-0.2, 0) is 4.79 Å². The quantitative estimate of drug-likeness (QED) is 0.572. The SMILES string of the molecule is CC(C)C(C(=O)O)C(=O)c1ccc2[nH]c(=O)[nH]c2c1. The summed E-state index contributed by atoms with van der Waals surface area (Å²) in [6.07, 6.45) is 0. The highest BCUT2D eigenvalue weighted by Gasteiger charge is 2.30. The Morgan fingerprint density at radius 1 is 1.16 bits per heavy atom. The van der Waals surface area contributed by atoms with Crippen LogP contribution in [0.4, 0.5) is 0 Å². The summed E-state index contributed by atoms with van der Waals surface area (Å²) < 4.78 is 0. The fourth-order valence-corrected chi connectivity index (χ4v) is 2.07. The van der Waals surface area contributed by atoms with Gasteiger partial charge in [0.15, 0.2) is 5.78 Å². The average Bonchev–Trinajstić information content (AvgIpc) is 2.66. The van der Waals surface area contributed by atoms with E-state index in [2.05, 4.69) is 9.97 Å². The number of aromatic amines is 2. The Balaban J connectivity index is 2.45. The Morgan fingerprint density at radius 3 is 2.37 bits per heavy atom. The summed E-state index contributed by atoms with van der Waals surface area (Å²) in [5.41, 5.74) is 0.990. The van der Waals surface area contributed by atoms with E-state index in [1.165, 1.54) is 12.1 Å². The van der Waals surface area contributed by atoms with Gasteiger partial charge in [0.25, 0.3) is 0 Å². The van der Waals surface area contributed by atoms with Gasteiger partial charge in [-0.25, -0.2) is 4.79 Å². The van der Waals surface area contributed by atoms with Gasteiger partial charge in [0.2, 0.25) is 0 Å². The van der Waals surface area contributed by atoms with Crippen LogP contribution in [-0.4, -0.2) is 26.8 Å². The van der Waals surface area contributed by atoms with Crippen molar-refractivity contribution in [2.24, 2.45) is 11.8 Å². The zero-order valence-electron chi connectivity index (χ0n) is 10.6. The molecule has 0 bridgehead atoms.